The van der Waals surface area contributed by atoms with Crippen LogP contribution in [0.25, 0.3) is 0 Å². The predicted octanol–water partition coefficient (Wildman–Crippen LogP) is 1.28. The zero-order valence-electron chi connectivity index (χ0n) is 12.5. The number of rotatable bonds is 4. The van der Waals surface area contributed by atoms with Crippen molar-refractivity contribution in [3.63, 3.8) is 0 Å². The fraction of sp³-hybridized carbons (Fsp3) is 0.562. The Hall–Kier alpha value is -1.59. The first-order valence-electron chi connectivity index (χ1n) is 7.56. The van der Waals surface area contributed by atoms with Crippen LogP contribution >= 0.6 is 0 Å². The predicted molar refractivity (Wildman–Crippen MR) is 80.3 cm³/mol. The van der Waals surface area contributed by atoms with Crippen LogP contribution in [0.2, 0.25) is 0 Å². The lowest BCUT2D eigenvalue weighted by atomic mass is 10.1. The van der Waals surface area contributed by atoms with Crippen LogP contribution in [0.15, 0.2) is 18.2 Å². The number of carbonyl (C=O) groups is 1. The molecular formula is C16H22N2O3. The van der Waals surface area contributed by atoms with Crippen LogP contribution in [0, 0.1) is 0 Å². The van der Waals surface area contributed by atoms with E-state index in [-0.39, 0.29) is 5.78 Å². The molecule has 0 saturated carbocycles. The third-order valence-corrected chi connectivity index (χ3v) is 4.12. The number of benzene rings is 1. The molecule has 1 fully saturated rings. The van der Waals surface area contributed by atoms with E-state index in [1.165, 1.54) is 0 Å². The van der Waals surface area contributed by atoms with Crippen molar-refractivity contribution in [1.29, 1.82) is 0 Å². The Bertz CT molecular complexity index is 510. The SMILES string of the molecule is CN1CCN(CCC(=O)c2ccc3c(c2)OCCO3)CC1. The second-order valence-electron chi connectivity index (χ2n) is 5.68. The number of hydrogen-bond donors (Lipinski definition) is 0. The molecular weight excluding hydrogens is 268 g/mol. The summed E-state index contributed by atoms with van der Waals surface area (Å²) in [6, 6.07) is 5.47. The van der Waals surface area contributed by atoms with Crippen LogP contribution in [-0.4, -0.2) is 68.6 Å². The summed E-state index contributed by atoms with van der Waals surface area (Å²) in [6.07, 6.45) is 0.559. The summed E-state index contributed by atoms with van der Waals surface area (Å²) in [5, 5.41) is 0. The molecule has 0 radical (unpaired) electrons. The normalized spacial score (nSPS) is 19.5. The van der Waals surface area contributed by atoms with Crippen LogP contribution in [0.5, 0.6) is 11.5 Å². The number of piperazine rings is 1. The molecule has 0 aromatic heterocycles. The van der Waals surface area contributed by atoms with E-state index >= 15 is 0 Å². The molecule has 0 amide bonds. The van der Waals surface area contributed by atoms with Crippen LogP contribution in [0.1, 0.15) is 16.8 Å². The molecule has 0 aliphatic carbocycles. The van der Waals surface area contributed by atoms with E-state index in [2.05, 4.69) is 16.8 Å². The minimum absolute atomic E-state index is 0.172. The van der Waals surface area contributed by atoms with Crippen LogP contribution in [0.3, 0.4) is 0 Å². The minimum atomic E-state index is 0.172. The second-order valence-corrected chi connectivity index (χ2v) is 5.68. The molecule has 0 spiro atoms. The van der Waals surface area contributed by atoms with Gasteiger partial charge in [-0.2, -0.15) is 0 Å². The topological polar surface area (TPSA) is 42.0 Å². The molecule has 3 rings (SSSR count). The molecule has 114 valence electrons. The molecule has 1 aromatic carbocycles. The number of nitrogens with zero attached hydrogens (tertiary/aromatic N) is 2. The molecule has 0 bridgehead atoms. The lowest BCUT2D eigenvalue weighted by Gasteiger charge is -2.32. The fourth-order valence-corrected chi connectivity index (χ4v) is 2.69. The van der Waals surface area contributed by atoms with Crippen molar-refractivity contribution < 1.29 is 14.3 Å². The Balaban J connectivity index is 1.55. The number of Topliss-reactive ketones (excluding diaryl/α,β-unsaturated/α-hetero) is 1. The molecule has 2 heterocycles. The van der Waals surface area contributed by atoms with Crippen LogP contribution in [-0.2, 0) is 0 Å². The Morgan fingerprint density at radius 2 is 1.81 bits per heavy atom. The van der Waals surface area contributed by atoms with Crippen LogP contribution < -0.4 is 9.47 Å². The maximum atomic E-state index is 12.3. The van der Waals surface area contributed by atoms with E-state index in [0.29, 0.717) is 30.9 Å². The highest BCUT2D eigenvalue weighted by atomic mass is 16.6. The van der Waals surface area contributed by atoms with Gasteiger partial charge in [0.2, 0.25) is 0 Å². The lowest BCUT2D eigenvalue weighted by molar-refractivity contribution is 0.0940. The smallest absolute Gasteiger partial charge is 0.164 e. The van der Waals surface area contributed by atoms with Crippen molar-refractivity contribution in [3.05, 3.63) is 23.8 Å². The number of ether oxygens (including phenoxy) is 2. The summed E-state index contributed by atoms with van der Waals surface area (Å²) in [6.45, 7) is 6.21. The Morgan fingerprint density at radius 3 is 2.57 bits per heavy atom. The van der Waals surface area contributed by atoms with E-state index in [9.17, 15) is 4.79 Å². The van der Waals surface area contributed by atoms with Gasteiger partial charge in [-0.25, -0.2) is 0 Å². The summed E-state index contributed by atoms with van der Waals surface area (Å²) in [7, 11) is 2.14. The van der Waals surface area contributed by atoms with E-state index in [1.807, 2.05) is 12.1 Å². The molecule has 21 heavy (non-hydrogen) atoms. The molecule has 0 atom stereocenters. The highest BCUT2D eigenvalue weighted by molar-refractivity contribution is 5.96. The minimum Gasteiger partial charge on any atom is -0.486 e. The van der Waals surface area contributed by atoms with Gasteiger partial charge in [0.05, 0.1) is 0 Å². The Labute approximate surface area is 125 Å². The molecule has 2 aliphatic rings. The average molecular weight is 290 g/mol. The van der Waals surface area contributed by atoms with E-state index in [0.717, 1.165) is 38.5 Å². The van der Waals surface area contributed by atoms with Crippen molar-refractivity contribution in [2.45, 2.75) is 6.42 Å². The van der Waals surface area contributed by atoms with Gasteiger partial charge >= 0.3 is 0 Å². The summed E-state index contributed by atoms with van der Waals surface area (Å²) in [5.74, 6) is 1.59. The van der Waals surface area contributed by atoms with Gasteiger partial charge < -0.3 is 19.3 Å². The zero-order valence-corrected chi connectivity index (χ0v) is 12.5. The fourth-order valence-electron chi connectivity index (χ4n) is 2.69. The van der Waals surface area contributed by atoms with Crippen molar-refractivity contribution in [2.24, 2.45) is 0 Å². The maximum absolute atomic E-state index is 12.3. The third-order valence-electron chi connectivity index (χ3n) is 4.12. The number of fused-ring (bicyclic) bond motifs is 1. The average Bonchev–Trinajstić information content (AvgIpc) is 2.53. The molecule has 0 unspecified atom stereocenters. The van der Waals surface area contributed by atoms with Gasteiger partial charge in [-0.15, -0.1) is 0 Å². The number of likely N-dealkylation sites (N-methyl/N-ethyl adjacent to an activating group) is 1. The van der Waals surface area contributed by atoms with Gasteiger partial charge in [-0.3, -0.25) is 4.79 Å². The van der Waals surface area contributed by atoms with Gasteiger partial charge in [0.1, 0.15) is 13.2 Å². The van der Waals surface area contributed by atoms with Crippen LogP contribution in [0.4, 0.5) is 0 Å². The monoisotopic (exact) mass is 290 g/mol. The highest BCUT2D eigenvalue weighted by Crippen LogP contribution is 2.31. The van der Waals surface area contributed by atoms with E-state index in [4.69, 9.17) is 9.47 Å². The van der Waals surface area contributed by atoms with Crippen molar-refractivity contribution in [1.82, 2.24) is 9.80 Å². The molecule has 0 N–H and O–H groups in total. The molecule has 1 aromatic rings. The summed E-state index contributed by atoms with van der Waals surface area (Å²) in [5.41, 5.74) is 0.716. The molecule has 1 saturated heterocycles. The molecule has 2 aliphatic heterocycles. The second kappa shape index (κ2) is 6.45. The molecule has 5 nitrogen and oxygen atoms in total. The van der Waals surface area contributed by atoms with Gasteiger partial charge in [0.15, 0.2) is 17.3 Å². The summed E-state index contributed by atoms with van der Waals surface area (Å²) >= 11 is 0. The number of hydrogen-bond acceptors (Lipinski definition) is 5. The van der Waals surface area contributed by atoms with Gasteiger partial charge in [0.25, 0.3) is 0 Å². The highest BCUT2D eigenvalue weighted by Gasteiger charge is 2.17. The quantitative estimate of drug-likeness (QED) is 0.781. The Morgan fingerprint density at radius 1 is 1.10 bits per heavy atom. The lowest BCUT2D eigenvalue weighted by Crippen LogP contribution is -2.45. The third kappa shape index (κ3) is 3.54. The number of ketones is 1. The van der Waals surface area contributed by atoms with E-state index in [1.54, 1.807) is 6.07 Å². The van der Waals surface area contributed by atoms with Gasteiger partial charge in [-0.05, 0) is 25.2 Å². The van der Waals surface area contributed by atoms with Gasteiger partial charge in [-0.1, -0.05) is 0 Å². The first kappa shape index (κ1) is 14.4. The Kier molecular flexibility index (Phi) is 4.41. The standard InChI is InChI=1S/C16H22N2O3/c1-17-6-8-18(9-7-17)5-4-14(19)13-2-3-15-16(12-13)21-11-10-20-15/h2-3,12H,4-11H2,1H3. The molecule has 5 heteroatoms. The van der Waals surface area contributed by atoms with Crippen molar-refractivity contribution in [3.8, 4) is 11.5 Å². The first-order valence-corrected chi connectivity index (χ1v) is 7.56. The first-order chi connectivity index (χ1) is 10.2. The largest absolute Gasteiger partial charge is 0.486 e. The zero-order chi connectivity index (χ0) is 14.7. The van der Waals surface area contributed by atoms with Gasteiger partial charge in [0, 0.05) is 44.7 Å². The maximum Gasteiger partial charge on any atom is 0.164 e. The van der Waals surface area contributed by atoms with Crippen molar-refractivity contribution in [2.75, 3.05) is 53.0 Å². The van der Waals surface area contributed by atoms with Crippen molar-refractivity contribution >= 4 is 5.78 Å². The van der Waals surface area contributed by atoms with E-state index < -0.39 is 0 Å². The summed E-state index contributed by atoms with van der Waals surface area (Å²) in [4.78, 5) is 17.0. The summed E-state index contributed by atoms with van der Waals surface area (Å²) < 4.78 is 11.0. The number of carbonyl (C=O) groups excluding carboxylic acids is 1.